The van der Waals surface area contributed by atoms with Crippen LogP contribution in [0, 0.1) is 0 Å². The Balaban J connectivity index is 1.85. The Morgan fingerprint density at radius 2 is 2.00 bits per heavy atom. The summed E-state index contributed by atoms with van der Waals surface area (Å²) in [6.45, 7) is 3.23. The molecule has 2 aliphatic rings. The van der Waals surface area contributed by atoms with Gasteiger partial charge in [0.2, 0.25) is 0 Å². The maximum atomic E-state index is 10.2. The molecule has 0 amide bonds. The van der Waals surface area contributed by atoms with Crippen molar-refractivity contribution in [3.63, 3.8) is 0 Å². The van der Waals surface area contributed by atoms with Crippen LogP contribution < -0.4 is 0 Å². The first kappa shape index (κ1) is 19.3. The SMILES string of the molecule is CN(C)CCCCN1C=C(C2=CCCCC2)c2cc(O)c(Cl)cc2CC1. The lowest BCUT2D eigenvalue weighted by atomic mass is 9.87. The van der Waals surface area contributed by atoms with Crippen molar-refractivity contribution in [1.29, 1.82) is 0 Å². The molecule has 1 N–H and O–H groups in total. The number of phenols is 1. The molecule has 0 spiro atoms. The van der Waals surface area contributed by atoms with E-state index in [-0.39, 0.29) is 5.75 Å². The first-order valence-corrected chi connectivity index (χ1v) is 10.2. The molecule has 142 valence electrons. The summed E-state index contributed by atoms with van der Waals surface area (Å²) < 4.78 is 0. The fraction of sp³-hybridized carbons (Fsp3) is 0.545. The molecule has 1 aliphatic carbocycles. The Bertz CT molecular complexity index is 694. The van der Waals surface area contributed by atoms with Gasteiger partial charge in [0.15, 0.2) is 0 Å². The summed E-state index contributed by atoms with van der Waals surface area (Å²) in [6, 6.07) is 3.83. The van der Waals surface area contributed by atoms with Gasteiger partial charge in [0.25, 0.3) is 0 Å². The normalized spacial score (nSPS) is 17.6. The molecule has 26 heavy (non-hydrogen) atoms. The molecule has 0 aromatic heterocycles. The van der Waals surface area contributed by atoms with Crippen LogP contribution in [0.3, 0.4) is 0 Å². The highest BCUT2D eigenvalue weighted by Crippen LogP contribution is 2.38. The molecule has 1 aromatic carbocycles. The van der Waals surface area contributed by atoms with E-state index < -0.39 is 0 Å². The molecule has 1 aromatic rings. The minimum Gasteiger partial charge on any atom is -0.506 e. The highest BCUT2D eigenvalue weighted by Gasteiger charge is 2.20. The third-order valence-corrected chi connectivity index (χ3v) is 5.68. The number of hydrogen-bond acceptors (Lipinski definition) is 3. The molecule has 1 aliphatic heterocycles. The molecular weight excluding hydrogens is 344 g/mol. The minimum absolute atomic E-state index is 0.187. The van der Waals surface area contributed by atoms with Crippen LogP contribution in [0.4, 0.5) is 0 Å². The zero-order valence-electron chi connectivity index (χ0n) is 16.1. The van der Waals surface area contributed by atoms with Gasteiger partial charge >= 0.3 is 0 Å². The predicted octanol–water partition coefficient (Wildman–Crippen LogP) is 5.09. The number of aromatic hydroxyl groups is 1. The lowest BCUT2D eigenvalue weighted by Gasteiger charge is -2.22. The summed E-state index contributed by atoms with van der Waals surface area (Å²) in [6.07, 6.45) is 12.9. The van der Waals surface area contributed by atoms with Gasteiger partial charge in [-0.05, 0) is 94.4 Å². The number of halogens is 1. The third kappa shape index (κ3) is 4.83. The summed E-state index contributed by atoms with van der Waals surface area (Å²) in [4.78, 5) is 4.71. The molecule has 3 nitrogen and oxygen atoms in total. The Morgan fingerprint density at radius 1 is 1.15 bits per heavy atom. The van der Waals surface area contributed by atoms with E-state index in [0.29, 0.717) is 5.02 Å². The summed E-state index contributed by atoms with van der Waals surface area (Å²) in [5, 5.41) is 10.6. The first-order valence-electron chi connectivity index (χ1n) is 9.86. The summed E-state index contributed by atoms with van der Waals surface area (Å²) in [5.41, 5.74) is 5.13. The second kappa shape index (κ2) is 8.96. The predicted molar refractivity (Wildman–Crippen MR) is 111 cm³/mol. The zero-order chi connectivity index (χ0) is 18.5. The number of allylic oxidation sites excluding steroid dienone is 3. The Kier molecular flexibility index (Phi) is 6.66. The molecule has 0 saturated carbocycles. The van der Waals surface area contributed by atoms with Crippen LogP contribution in [0.5, 0.6) is 5.75 Å². The van der Waals surface area contributed by atoms with Crippen molar-refractivity contribution in [3.8, 4) is 5.75 Å². The maximum Gasteiger partial charge on any atom is 0.134 e. The van der Waals surface area contributed by atoms with Crippen LogP contribution in [0.1, 0.15) is 49.7 Å². The summed E-state index contributed by atoms with van der Waals surface area (Å²) in [5.74, 6) is 0.187. The van der Waals surface area contributed by atoms with E-state index in [4.69, 9.17) is 11.6 Å². The van der Waals surface area contributed by atoms with Crippen molar-refractivity contribution in [3.05, 3.63) is 46.1 Å². The molecule has 0 bridgehead atoms. The monoisotopic (exact) mass is 374 g/mol. The number of fused-ring (bicyclic) bond motifs is 1. The van der Waals surface area contributed by atoms with Gasteiger partial charge in [-0.2, -0.15) is 0 Å². The van der Waals surface area contributed by atoms with E-state index in [0.717, 1.165) is 44.5 Å². The van der Waals surface area contributed by atoms with Gasteiger partial charge in [0.05, 0.1) is 5.02 Å². The van der Waals surface area contributed by atoms with Gasteiger partial charge in [0, 0.05) is 24.9 Å². The van der Waals surface area contributed by atoms with Gasteiger partial charge in [-0.3, -0.25) is 0 Å². The second-order valence-corrected chi connectivity index (χ2v) is 8.18. The van der Waals surface area contributed by atoms with Crippen LogP contribution in [0.25, 0.3) is 5.57 Å². The molecule has 0 saturated heterocycles. The number of nitrogens with zero attached hydrogens (tertiary/aromatic N) is 2. The van der Waals surface area contributed by atoms with Crippen molar-refractivity contribution in [1.82, 2.24) is 9.80 Å². The topological polar surface area (TPSA) is 26.7 Å². The fourth-order valence-electron chi connectivity index (χ4n) is 3.90. The van der Waals surface area contributed by atoms with Crippen molar-refractivity contribution in [2.75, 3.05) is 33.7 Å². The number of phenolic OH excluding ortho intramolecular Hbond substituents is 1. The number of rotatable bonds is 6. The van der Waals surface area contributed by atoms with E-state index in [9.17, 15) is 5.11 Å². The molecule has 1 heterocycles. The van der Waals surface area contributed by atoms with Gasteiger partial charge < -0.3 is 14.9 Å². The van der Waals surface area contributed by atoms with Crippen molar-refractivity contribution in [2.45, 2.75) is 44.9 Å². The van der Waals surface area contributed by atoms with E-state index in [1.807, 2.05) is 12.1 Å². The standard InChI is InChI=1S/C22H31ClN2O/c1-24(2)11-6-7-12-25-13-10-18-14-21(23)22(26)15-19(18)20(16-25)17-8-4-3-5-9-17/h8,14-16,26H,3-7,9-13H2,1-2H3. The van der Waals surface area contributed by atoms with Gasteiger partial charge in [-0.1, -0.05) is 17.7 Å². The Labute approximate surface area is 162 Å². The van der Waals surface area contributed by atoms with Crippen LogP contribution in [0.15, 0.2) is 30.0 Å². The fourth-order valence-corrected chi connectivity index (χ4v) is 4.09. The highest BCUT2D eigenvalue weighted by atomic mass is 35.5. The molecule has 0 atom stereocenters. The number of unbranched alkanes of at least 4 members (excludes halogenated alkanes) is 1. The third-order valence-electron chi connectivity index (χ3n) is 5.38. The van der Waals surface area contributed by atoms with Crippen molar-refractivity contribution < 1.29 is 5.11 Å². The smallest absolute Gasteiger partial charge is 0.134 e. The van der Waals surface area contributed by atoms with Gasteiger partial charge in [-0.15, -0.1) is 0 Å². The van der Waals surface area contributed by atoms with Crippen LogP contribution >= 0.6 is 11.6 Å². The largest absolute Gasteiger partial charge is 0.506 e. The van der Waals surface area contributed by atoms with Crippen LogP contribution in [-0.2, 0) is 6.42 Å². The van der Waals surface area contributed by atoms with Crippen molar-refractivity contribution >= 4 is 17.2 Å². The highest BCUT2D eigenvalue weighted by molar-refractivity contribution is 6.32. The number of benzene rings is 1. The first-order chi connectivity index (χ1) is 12.5. The average molecular weight is 375 g/mol. The molecule has 0 fully saturated rings. The Hall–Kier alpha value is -1.45. The summed E-state index contributed by atoms with van der Waals surface area (Å²) >= 11 is 6.20. The van der Waals surface area contributed by atoms with E-state index in [2.05, 4.69) is 36.2 Å². The molecule has 0 unspecified atom stereocenters. The maximum absolute atomic E-state index is 10.2. The second-order valence-electron chi connectivity index (χ2n) is 7.78. The number of hydrogen-bond donors (Lipinski definition) is 1. The molecule has 4 heteroatoms. The zero-order valence-corrected chi connectivity index (χ0v) is 16.9. The van der Waals surface area contributed by atoms with E-state index in [1.54, 1.807) is 0 Å². The van der Waals surface area contributed by atoms with Crippen molar-refractivity contribution in [2.24, 2.45) is 0 Å². The summed E-state index contributed by atoms with van der Waals surface area (Å²) in [7, 11) is 4.26. The molecule has 0 radical (unpaired) electrons. The lowest BCUT2D eigenvalue weighted by Crippen LogP contribution is -2.22. The quantitative estimate of drug-likeness (QED) is 0.703. The van der Waals surface area contributed by atoms with Crippen LogP contribution in [-0.4, -0.2) is 48.6 Å². The molecular formula is C22H31ClN2O. The van der Waals surface area contributed by atoms with Crippen LogP contribution in [0.2, 0.25) is 5.02 Å². The van der Waals surface area contributed by atoms with Gasteiger partial charge in [0.1, 0.15) is 5.75 Å². The van der Waals surface area contributed by atoms with Gasteiger partial charge in [-0.25, -0.2) is 0 Å². The molecule has 3 rings (SSSR count). The minimum atomic E-state index is 0.187. The van der Waals surface area contributed by atoms with E-state index in [1.165, 1.54) is 42.4 Å². The lowest BCUT2D eigenvalue weighted by molar-refractivity contribution is 0.343. The Morgan fingerprint density at radius 3 is 2.73 bits per heavy atom. The average Bonchev–Trinajstić information content (AvgIpc) is 2.80. The van der Waals surface area contributed by atoms with E-state index >= 15 is 0 Å².